The molecule has 0 radical (unpaired) electrons. The molecular formula is C11H16O3. The molecule has 1 aromatic carbocycles. The summed E-state index contributed by atoms with van der Waals surface area (Å²) < 4.78 is 0. The van der Waals surface area contributed by atoms with Crippen molar-refractivity contribution in [2.75, 3.05) is 0 Å². The van der Waals surface area contributed by atoms with Crippen LogP contribution in [0.25, 0.3) is 0 Å². The number of aryl methyl sites for hydroxylation is 1. The van der Waals surface area contributed by atoms with Crippen molar-refractivity contribution in [3.05, 3.63) is 23.8 Å². The highest BCUT2D eigenvalue weighted by atomic mass is 16.3. The van der Waals surface area contributed by atoms with Crippen LogP contribution in [0.15, 0.2) is 18.2 Å². The van der Waals surface area contributed by atoms with Crippen LogP contribution in [0, 0.1) is 0 Å². The van der Waals surface area contributed by atoms with E-state index in [2.05, 4.69) is 0 Å². The Labute approximate surface area is 83.6 Å². The summed E-state index contributed by atoms with van der Waals surface area (Å²) in [5, 5.41) is 27.4. The topological polar surface area (TPSA) is 60.7 Å². The molecular weight excluding hydrogens is 180 g/mol. The minimum Gasteiger partial charge on any atom is -0.508 e. The standard InChI is InChI=1S/C11H16O3/c1-8(12)3-2-4-9-5-10(13)7-11(14)6-9/h5-8,12-14H,2-4H2,1H3. The molecule has 0 amide bonds. The predicted molar refractivity (Wildman–Crippen MR) is 54.4 cm³/mol. The maximum absolute atomic E-state index is 9.19. The van der Waals surface area contributed by atoms with E-state index in [0.29, 0.717) is 0 Å². The summed E-state index contributed by atoms with van der Waals surface area (Å²) in [6, 6.07) is 4.56. The first-order valence-electron chi connectivity index (χ1n) is 4.78. The summed E-state index contributed by atoms with van der Waals surface area (Å²) >= 11 is 0. The maximum atomic E-state index is 9.19. The minimum absolute atomic E-state index is 0.0806. The van der Waals surface area contributed by atoms with E-state index in [1.165, 1.54) is 6.07 Å². The van der Waals surface area contributed by atoms with Crippen molar-refractivity contribution in [3.8, 4) is 11.5 Å². The Balaban J connectivity index is 2.50. The second-order valence-electron chi connectivity index (χ2n) is 3.60. The highest BCUT2D eigenvalue weighted by molar-refractivity contribution is 5.36. The van der Waals surface area contributed by atoms with Gasteiger partial charge in [-0.05, 0) is 43.9 Å². The van der Waals surface area contributed by atoms with Gasteiger partial charge in [0, 0.05) is 6.07 Å². The molecule has 1 atom stereocenters. The van der Waals surface area contributed by atoms with Gasteiger partial charge in [0.2, 0.25) is 0 Å². The van der Waals surface area contributed by atoms with Crippen molar-refractivity contribution in [2.45, 2.75) is 32.3 Å². The number of hydrogen-bond acceptors (Lipinski definition) is 3. The van der Waals surface area contributed by atoms with Crippen LogP contribution >= 0.6 is 0 Å². The van der Waals surface area contributed by atoms with Crippen LogP contribution in [0.5, 0.6) is 11.5 Å². The van der Waals surface area contributed by atoms with E-state index in [0.717, 1.165) is 24.8 Å². The molecule has 1 rings (SSSR count). The molecule has 0 heterocycles. The molecule has 3 heteroatoms. The number of rotatable bonds is 4. The largest absolute Gasteiger partial charge is 0.508 e. The van der Waals surface area contributed by atoms with Gasteiger partial charge in [-0.3, -0.25) is 0 Å². The molecule has 78 valence electrons. The zero-order valence-electron chi connectivity index (χ0n) is 8.27. The third-order valence-electron chi connectivity index (χ3n) is 2.05. The maximum Gasteiger partial charge on any atom is 0.119 e. The van der Waals surface area contributed by atoms with E-state index < -0.39 is 0 Å². The average molecular weight is 196 g/mol. The highest BCUT2D eigenvalue weighted by Gasteiger charge is 2.00. The molecule has 0 fully saturated rings. The fourth-order valence-electron chi connectivity index (χ4n) is 1.40. The summed E-state index contributed by atoms with van der Waals surface area (Å²) in [7, 11) is 0. The zero-order chi connectivity index (χ0) is 10.6. The lowest BCUT2D eigenvalue weighted by atomic mass is 10.1. The molecule has 0 aliphatic rings. The van der Waals surface area contributed by atoms with Gasteiger partial charge in [0.05, 0.1) is 6.10 Å². The number of phenols is 2. The SMILES string of the molecule is CC(O)CCCc1cc(O)cc(O)c1. The Hall–Kier alpha value is -1.22. The molecule has 0 aliphatic carbocycles. The normalized spacial score (nSPS) is 12.7. The zero-order valence-corrected chi connectivity index (χ0v) is 8.27. The molecule has 0 bridgehead atoms. The predicted octanol–water partition coefficient (Wildman–Crippen LogP) is 1.80. The van der Waals surface area contributed by atoms with E-state index in [1.54, 1.807) is 19.1 Å². The first-order valence-corrected chi connectivity index (χ1v) is 4.78. The lowest BCUT2D eigenvalue weighted by molar-refractivity contribution is 0.181. The smallest absolute Gasteiger partial charge is 0.119 e. The van der Waals surface area contributed by atoms with E-state index >= 15 is 0 Å². The summed E-state index contributed by atoms with van der Waals surface area (Å²) in [6.45, 7) is 1.75. The van der Waals surface area contributed by atoms with Crippen LogP contribution in [0.1, 0.15) is 25.3 Å². The monoisotopic (exact) mass is 196 g/mol. The summed E-state index contributed by atoms with van der Waals surface area (Å²) in [5.41, 5.74) is 0.892. The van der Waals surface area contributed by atoms with E-state index in [1.807, 2.05) is 0 Å². The van der Waals surface area contributed by atoms with Gasteiger partial charge in [-0.1, -0.05) is 0 Å². The Morgan fingerprint density at radius 3 is 2.21 bits per heavy atom. The Kier molecular flexibility index (Phi) is 3.77. The van der Waals surface area contributed by atoms with Crippen molar-refractivity contribution < 1.29 is 15.3 Å². The molecule has 3 N–H and O–H groups in total. The molecule has 14 heavy (non-hydrogen) atoms. The van der Waals surface area contributed by atoms with Gasteiger partial charge >= 0.3 is 0 Å². The molecule has 1 aromatic rings. The molecule has 3 nitrogen and oxygen atoms in total. The van der Waals surface area contributed by atoms with Crippen molar-refractivity contribution in [3.63, 3.8) is 0 Å². The minimum atomic E-state index is -0.291. The number of aromatic hydroxyl groups is 2. The van der Waals surface area contributed by atoms with Gasteiger partial charge in [-0.2, -0.15) is 0 Å². The van der Waals surface area contributed by atoms with Gasteiger partial charge in [-0.25, -0.2) is 0 Å². The number of aliphatic hydroxyl groups is 1. The molecule has 0 aliphatic heterocycles. The van der Waals surface area contributed by atoms with Gasteiger partial charge in [-0.15, -0.1) is 0 Å². The highest BCUT2D eigenvalue weighted by Crippen LogP contribution is 2.21. The van der Waals surface area contributed by atoms with Crippen LogP contribution in [0.4, 0.5) is 0 Å². The molecule has 0 spiro atoms. The number of hydrogen-bond donors (Lipinski definition) is 3. The van der Waals surface area contributed by atoms with Gasteiger partial charge in [0.15, 0.2) is 0 Å². The van der Waals surface area contributed by atoms with Crippen LogP contribution < -0.4 is 0 Å². The van der Waals surface area contributed by atoms with Crippen LogP contribution in [0.3, 0.4) is 0 Å². The number of phenolic OH excluding ortho intramolecular Hbond substituents is 2. The second-order valence-corrected chi connectivity index (χ2v) is 3.60. The van der Waals surface area contributed by atoms with Gasteiger partial charge in [0.25, 0.3) is 0 Å². The van der Waals surface area contributed by atoms with Crippen LogP contribution in [0.2, 0.25) is 0 Å². The van der Waals surface area contributed by atoms with E-state index in [-0.39, 0.29) is 17.6 Å². The summed E-state index contributed by atoms with van der Waals surface area (Å²) in [6.07, 6.45) is 2.05. The first-order chi connectivity index (χ1) is 6.58. The Morgan fingerprint density at radius 2 is 1.71 bits per heavy atom. The lowest BCUT2D eigenvalue weighted by Crippen LogP contribution is -1.99. The van der Waals surface area contributed by atoms with E-state index in [4.69, 9.17) is 5.11 Å². The van der Waals surface area contributed by atoms with Crippen molar-refractivity contribution in [2.24, 2.45) is 0 Å². The number of aliphatic hydroxyl groups excluding tert-OH is 1. The van der Waals surface area contributed by atoms with Crippen LogP contribution in [-0.4, -0.2) is 21.4 Å². The molecule has 0 saturated carbocycles. The Morgan fingerprint density at radius 1 is 1.14 bits per heavy atom. The molecule has 0 aromatic heterocycles. The van der Waals surface area contributed by atoms with Crippen LogP contribution in [-0.2, 0) is 6.42 Å². The van der Waals surface area contributed by atoms with Crippen molar-refractivity contribution >= 4 is 0 Å². The lowest BCUT2D eigenvalue weighted by Gasteiger charge is -2.05. The van der Waals surface area contributed by atoms with Crippen molar-refractivity contribution in [1.29, 1.82) is 0 Å². The fraction of sp³-hybridized carbons (Fsp3) is 0.455. The average Bonchev–Trinajstić information content (AvgIpc) is 2.01. The van der Waals surface area contributed by atoms with Gasteiger partial charge < -0.3 is 15.3 Å². The fourth-order valence-corrected chi connectivity index (χ4v) is 1.40. The number of benzene rings is 1. The second kappa shape index (κ2) is 4.86. The van der Waals surface area contributed by atoms with E-state index in [9.17, 15) is 10.2 Å². The molecule has 1 unspecified atom stereocenters. The third kappa shape index (κ3) is 3.66. The summed E-state index contributed by atoms with van der Waals surface area (Å²) in [4.78, 5) is 0. The quantitative estimate of drug-likeness (QED) is 0.688. The van der Waals surface area contributed by atoms with Gasteiger partial charge in [0.1, 0.15) is 11.5 Å². The van der Waals surface area contributed by atoms with Crippen molar-refractivity contribution in [1.82, 2.24) is 0 Å². The summed E-state index contributed by atoms with van der Waals surface area (Å²) in [5.74, 6) is 0.161. The Bertz CT molecular complexity index is 274. The molecule has 0 saturated heterocycles. The first kappa shape index (κ1) is 10.9. The third-order valence-corrected chi connectivity index (χ3v) is 2.05.